The first-order chi connectivity index (χ1) is 17.9. The molecular formula is C28H38N8O. The molecule has 0 radical (unpaired) electrons. The topological polar surface area (TPSA) is 67.0 Å². The molecule has 1 aromatic carbocycles. The van der Waals surface area contributed by atoms with Gasteiger partial charge in [0.1, 0.15) is 17.5 Å². The van der Waals surface area contributed by atoms with Gasteiger partial charge in [-0.2, -0.15) is 9.61 Å². The molecule has 0 spiro atoms. The van der Waals surface area contributed by atoms with Gasteiger partial charge >= 0.3 is 0 Å². The fourth-order valence-corrected chi connectivity index (χ4v) is 5.58. The van der Waals surface area contributed by atoms with Crippen molar-refractivity contribution in [1.29, 1.82) is 0 Å². The standard InChI is InChI=1S/C28H38N8O/c1-5-24-29-22-8-6-7-9-23(22)35(24)25-19-27(33-14-16-37-17-15-33)36-26(30-25)18-21(31-36)20-32-10-12-34(13-11-32)28(2,3)4/h6-9,18-19H,5,10-17,20H2,1-4H3. The SMILES string of the molecule is CCc1nc2ccccc2n1-c1cc(N2CCOCC2)n2nc(CN3CCN(C(C)(C)C)CC3)cc2n1. The lowest BCUT2D eigenvalue weighted by Gasteiger charge is -2.42. The molecule has 0 N–H and O–H groups in total. The number of rotatable bonds is 5. The number of hydrogen-bond donors (Lipinski definition) is 0. The number of morpholine rings is 1. The van der Waals surface area contributed by atoms with Gasteiger partial charge in [0.25, 0.3) is 0 Å². The van der Waals surface area contributed by atoms with Crippen LogP contribution in [0, 0.1) is 0 Å². The zero-order valence-corrected chi connectivity index (χ0v) is 22.5. The molecule has 2 aliphatic rings. The van der Waals surface area contributed by atoms with Gasteiger partial charge < -0.3 is 9.64 Å². The Hall–Kier alpha value is -3.01. The maximum Gasteiger partial charge on any atom is 0.160 e. The van der Waals surface area contributed by atoms with E-state index in [1.807, 2.05) is 10.6 Å². The van der Waals surface area contributed by atoms with Gasteiger partial charge in [-0.15, -0.1) is 0 Å². The summed E-state index contributed by atoms with van der Waals surface area (Å²) in [6, 6.07) is 12.6. The summed E-state index contributed by atoms with van der Waals surface area (Å²) in [4.78, 5) is 17.5. The Morgan fingerprint density at radius 1 is 0.919 bits per heavy atom. The lowest BCUT2D eigenvalue weighted by Crippen LogP contribution is -2.53. The zero-order valence-electron chi connectivity index (χ0n) is 22.5. The van der Waals surface area contributed by atoms with E-state index in [9.17, 15) is 0 Å². The van der Waals surface area contributed by atoms with E-state index in [0.29, 0.717) is 0 Å². The minimum Gasteiger partial charge on any atom is -0.378 e. The number of ether oxygens (including phenoxy) is 1. The van der Waals surface area contributed by atoms with E-state index in [1.165, 1.54) is 0 Å². The molecule has 0 saturated carbocycles. The summed E-state index contributed by atoms with van der Waals surface area (Å²) in [6.45, 7) is 17.3. The van der Waals surface area contributed by atoms with Gasteiger partial charge in [-0.25, -0.2) is 9.97 Å². The first kappa shape index (κ1) is 24.3. The van der Waals surface area contributed by atoms with Crippen LogP contribution in [0.4, 0.5) is 5.82 Å². The number of aryl methyl sites for hydroxylation is 1. The Balaban J connectivity index is 1.38. The average Bonchev–Trinajstić information content (AvgIpc) is 3.49. The molecule has 5 heterocycles. The Morgan fingerprint density at radius 2 is 1.68 bits per heavy atom. The smallest absolute Gasteiger partial charge is 0.160 e. The number of fused-ring (bicyclic) bond motifs is 2. The van der Waals surface area contributed by atoms with Crippen molar-refractivity contribution in [3.63, 3.8) is 0 Å². The molecule has 0 aliphatic carbocycles. The van der Waals surface area contributed by atoms with E-state index in [1.54, 1.807) is 0 Å². The number of imidazole rings is 1. The van der Waals surface area contributed by atoms with Crippen LogP contribution < -0.4 is 4.90 Å². The zero-order chi connectivity index (χ0) is 25.6. The maximum atomic E-state index is 5.66. The van der Waals surface area contributed by atoms with E-state index in [0.717, 1.165) is 105 Å². The van der Waals surface area contributed by atoms with E-state index in [4.69, 9.17) is 19.8 Å². The summed E-state index contributed by atoms with van der Waals surface area (Å²) in [5.41, 5.74) is 4.24. The number of aromatic nitrogens is 5. The minimum atomic E-state index is 0.220. The second kappa shape index (κ2) is 9.70. The number of nitrogens with zero attached hydrogens (tertiary/aromatic N) is 8. The largest absolute Gasteiger partial charge is 0.378 e. The van der Waals surface area contributed by atoms with Crippen LogP contribution in [-0.4, -0.2) is 92.0 Å². The second-order valence-corrected chi connectivity index (χ2v) is 11.1. The predicted molar refractivity (Wildman–Crippen MR) is 147 cm³/mol. The molecule has 2 fully saturated rings. The van der Waals surface area contributed by atoms with Crippen LogP contribution in [0.15, 0.2) is 36.4 Å². The van der Waals surface area contributed by atoms with Crippen molar-refractivity contribution < 1.29 is 4.74 Å². The van der Waals surface area contributed by atoms with Crippen molar-refractivity contribution in [3.8, 4) is 5.82 Å². The Kier molecular flexibility index (Phi) is 6.38. The Morgan fingerprint density at radius 3 is 2.41 bits per heavy atom. The number of para-hydroxylation sites is 2. The second-order valence-electron chi connectivity index (χ2n) is 11.1. The number of piperazine rings is 1. The number of benzene rings is 1. The van der Waals surface area contributed by atoms with Gasteiger partial charge in [0.15, 0.2) is 5.65 Å². The van der Waals surface area contributed by atoms with Crippen LogP contribution in [0.1, 0.15) is 39.2 Å². The van der Waals surface area contributed by atoms with Crippen LogP contribution in [0.2, 0.25) is 0 Å². The van der Waals surface area contributed by atoms with Crippen molar-refractivity contribution in [2.45, 2.75) is 46.2 Å². The van der Waals surface area contributed by atoms with Crippen molar-refractivity contribution in [2.24, 2.45) is 0 Å². The molecule has 2 aliphatic heterocycles. The summed E-state index contributed by atoms with van der Waals surface area (Å²) in [5.74, 6) is 2.97. The minimum absolute atomic E-state index is 0.220. The van der Waals surface area contributed by atoms with Crippen molar-refractivity contribution >= 4 is 22.5 Å². The third-order valence-electron chi connectivity index (χ3n) is 7.66. The molecule has 4 aromatic rings. The van der Waals surface area contributed by atoms with E-state index in [2.05, 4.69) is 77.3 Å². The molecule has 9 nitrogen and oxygen atoms in total. The third-order valence-corrected chi connectivity index (χ3v) is 7.66. The molecule has 0 atom stereocenters. The van der Waals surface area contributed by atoms with Crippen molar-refractivity contribution in [2.75, 3.05) is 57.4 Å². The molecule has 0 unspecified atom stereocenters. The molecule has 0 bridgehead atoms. The van der Waals surface area contributed by atoms with Gasteiger partial charge in [0, 0.05) is 69.9 Å². The fraction of sp³-hybridized carbons (Fsp3) is 0.536. The highest BCUT2D eigenvalue weighted by Crippen LogP contribution is 2.27. The molecule has 2 saturated heterocycles. The molecule has 196 valence electrons. The number of anilines is 1. The van der Waals surface area contributed by atoms with Gasteiger partial charge in [0.05, 0.1) is 29.9 Å². The molecule has 9 heteroatoms. The van der Waals surface area contributed by atoms with Crippen molar-refractivity contribution in [3.05, 3.63) is 47.9 Å². The first-order valence-electron chi connectivity index (χ1n) is 13.6. The van der Waals surface area contributed by atoms with Crippen molar-refractivity contribution in [1.82, 2.24) is 33.9 Å². The average molecular weight is 503 g/mol. The molecular weight excluding hydrogens is 464 g/mol. The highest BCUT2D eigenvalue weighted by atomic mass is 16.5. The highest BCUT2D eigenvalue weighted by molar-refractivity contribution is 5.78. The van der Waals surface area contributed by atoms with Gasteiger partial charge in [-0.05, 0) is 32.9 Å². The summed E-state index contributed by atoms with van der Waals surface area (Å²) in [6.07, 6.45) is 0.833. The molecule has 6 rings (SSSR count). The van der Waals surface area contributed by atoms with Crippen LogP contribution in [0.5, 0.6) is 0 Å². The lowest BCUT2D eigenvalue weighted by atomic mass is 10.0. The summed E-state index contributed by atoms with van der Waals surface area (Å²) in [7, 11) is 0. The monoisotopic (exact) mass is 502 g/mol. The van der Waals surface area contributed by atoms with Crippen LogP contribution in [0.25, 0.3) is 22.5 Å². The summed E-state index contributed by atoms with van der Waals surface area (Å²) >= 11 is 0. The molecule has 37 heavy (non-hydrogen) atoms. The molecule has 3 aromatic heterocycles. The maximum absolute atomic E-state index is 5.66. The lowest BCUT2D eigenvalue weighted by molar-refractivity contribution is 0.0585. The third kappa shape index (κ3) is 4.71. The quantitative estimate of drug-likeness (QED) is 0.414. The Labute approximate surface area is 218 Å². The van der Waals surface area contributed by atoms with Gasteiger partial charge in [-0.3, -0.25) is 14.4 Å². The predicted octanol–water partition coefficient (Wildman–Crippen LogP) is 3.38. The molecule has 0 amide bonds. The van der Waals surface area contributed by atoms with Gasteiger partial charge in [0.2, 0.25) is 0 Å². The van der Waals surface area contributed by atoms with Gasteiger partial charge in [-0.1, -0.05) is 19.1 Å². The van der Waals surface area contributed by atoms with Crippen LogP contribution >= 0.6 is 0 Å². The van der Waals surface area contributed by atoms with Crippen LogP contribution in [-0.2, 0) is 17.7 Å². The first-order valence-corrected chi connectivity index (χ1v) is 13.6. The van der Waals surface area contributed by atoms with E-state index < -0.39 is 0 Å². The van der Waals surface area contributed by atoms with E-state index in [-0.39, 0.29) is 5.54 Å². The van der Waals surface area contributed by atoms with E-state index >= 15 is 0 Å². The van der Waals surface area contributed by atoms with Crippen LogP contribution in [0.3, 0.4) is 0 Å². The summed E-state index contributed by atoms with van der Waals surface area (Å²) < 4.78 is 9.89. The summed E-state index contributed by atoms with van der Waals surface area (Å²) in [5, 5.41) is 5.07. The number of hydrogen-bond acceptors (Lipinski definition) is 7. The highest BCUT2D eigenvalue weighted by Gasteiger charge is 2.27. The normalized spacial score (nSPS) is 18.3. The fourth-order valence-electron chi connectivity index (χ4n) is 5.58. The Bertz CT molecular complexity index is 1390.